The van der Waals surface area contributed by atoms with Gasteiger partial charge in [-0.1, -0.05) is 12.1 Å². The first-order chi connectivity index (χ1) is 10.9. The second kappa shape index (κ2) is 7.51. The van der Waals surface area contributed by atoms with Gasteiger partial charge < -0.3 is 14.6 Å². The van der Waals surface area contributed by atoms with Crippen LogP contribution in [0.3, 0.4) is 0 Å². The molecule has 130 valence electrons. The number of nitrogens with zero attached hydrogens (tertiary/aromatic N) is 1. The molecule has 0 bridgehead atoms. The summed E-state index contributed by atoms with van der Waals surface area (Å²) in [5.41, 5.74) is 0.600. The number of alkyl halides is 3. The highest BCUT2D eigenvalue weighted by molar-refractivity contribution is 5.29. The van der Waals surface area contributed by atoms with E-state index in [1.165, 1.54) is 14.2 Å². The zero-order valence-corrected chi connectivity index (χ0v) is 13.2. The fourth-order valence-corrected chi connectivity index (χ4v) is 3.04. The molecule has 0 saturated carbocycles. The maximum atomic E-state index is 13.5. The molecule has 1 N–H and O–H groups in total. The molecular weight excluding hydrogens is 311 g/mol. The Morgan fingerprint density at radius 1 is 1.35 bits per heavy atom. The van der Waals surface area contributed by atoms with E-state index in [-0.39, 0.29) is 0 Å². The Kier molecular flexibility index (Phi) is 5.89. The van der Waals surface area contributed by atoms with Crippen molar-refractivity contribution in [3.63, 3.8) is 0 Å². The predicted octanol–water partition coefficient (Wildman–Crippen LogP) is 2.77. The number of benzene rings is 1. The van der Waals surface area contributed by atoms with Crippen LogP contribution in [0.15, 0.2) is 24.3 Å². The number of aliphatic hydroxyl groups is 1. The van der Waals surface area contributed by atoms with E-state index in [2.05, 4.69) is 0 Å². The second-order valence-corrected chi connectivity index (χ2v) is 5.67. The van der Waals surface area contributed by atoms with E-state index in [1.807, 2.05) is 0 Å². The van der Waals surface area contributed by atoms with Gasteiger partial charge in [-0.25, -0.2) is 0 Å². The largest absolute Gasteiger partial charge is 0.497 e. The highest BCUT2D eigenvalue weighted by Gasteiger charge is 2.50. The molecule has 0 aromatic heterocycles. The number of methoxy groups -OCH3 is 1. The van der Waals surface area contributed by atoms with E-state index in [0.717, 1.165) is 4.90 Å². The summed E-state index contributed by atoms with van der Waals surface area (Å²) in [7, 11) is 2.90. The van der Waals surface area contributed by atoms with Crippen LogP contribution in [0.2, 0.25) is 0 Å². The van der Waals surface area contributed by atoms with Gasteiger partial charge in [0.2, 0.25) is 0 Å². The quantitative estimate of drug-likeness (QED) is 0.869. The maximum Gasteiger partial charge on any atom is 0.406 e. The minimum atomic E-state index is -4.43. The van der Waals surface area contributed by atoms with Crippen molar-refractivity contribution in [1.29, 1.82) is 0 Å². The van der Waals surface area contributed by atoms with E-state index >= 15 is 0 Å². The molecule has 1 fully saturated rings. The van der Waals surface area contributed by atoms with Crippen molar-refractivity contribution in [2.24, 2.45) is 0 Å². The first-order valence-electron chi connectivity index (χ1n) is 7.53. The molecule has 0 radical (unpaired) electrons. The zero-order chi connectivity index (χ0) is 17.0. The molecule has 7 heteroatoms. The van der Waals surface area contributed by atoms with Crippen molar-refractivity contribution in [2.45, 2.75) is 37.2 Å². The SMILES string of the molecule is COc1ccc(C(CO)N(C)C(C2CCCO2)C(F)(F)F)cc1. The normalized spacial score (nSPS) is 21.4. The van der Waals surface area contributed by atoms with Gasteiger partial charge in [-0.05, 0) is 37.6 Å². The molecule has 1 aromatic carbocycles. The van der Waals surface area contributed by atoms with Crippen LogP contribution in [0.25, 0.3) is 0 Å². The molecule has 23 heavy (non-hydrogen) atoms. The van der Waals surface area contributed by atoms with Gasteiger partial charge in [0.25, 0.3) is 0 Å². The Morgan fingerprint density at radius 3 is 2.43 bits per heavy atom. The summed E-state index contributed by atoms with van der Waals surface area (Å²) < 4.78 is 50.9. The number of ether oxygens (including phenoxy) is 2. The molecule has 2 rings (SSSR count). The molecule has 0 spiro atoms. The third-order valence-corrected chi connectivity index (χ3v) is 4.26. The Labute approximate surface area is 133 Å². The lowest BCUT2D eigenvalue weighted by atomic mass is 10.00. The molecule has 1 aromatic rings. The first kappa shape index (κ1) is 18.0. The zero-order valence-electron chi connectivity index (χ0n) is 13.2. The summed E-state index contributed by atoms with van der Waals surface area (Å²) in [6.45, 7) is -0.0699. The summed E-state index contributed by atoms with van der Waals surface area (Å²) in [5, 5.41) is 9.65. The number of halogens is 3. The van der Waals surface area contributed by atoms with Gasteiger partial charge in [0, 0.05) is 6.61 Å². The third kappa shape index (κ3) is 4.16. The van der Waals surface area contributed by atoms with Gasteiger partial charge in [-0.2, -0.15) is 13.2 Å². The summed E-state index contributed by atoms with van der Waals surface area (Å²) in [6.07, 6.45) is -4.33. The molecule has 3 atom stereocenters. The van der Waals surface area contributed by atoms with E-state index < -0.39 is 31.0 Å². The summed E-state index contributed by atoms with van der Waals surface area (Å²) in [6, 6.07) is 4.15. The number of likely N-dealkylation sites (N-methyl/N-ethyl adjacent to an activating group) is 1. The van der Waals surface area contributed by atoms with Crippen molar-refractivity contribution < 1.29 is 27.8 Å². The first-order valence-corrected chi connectivity index (χ1v) is 7.53. The van der Waals surface area contributed by atoms with Crippen molar-refractivity contribution in [2.75, 3.05) is 27.4 Å². The summed E-state index contributed by atoms with van der Waals surface area (Å²) in [4.78, 5) is 1.16. The van der Waals surface area contributed by atoms with E-state index in [4.69, 9.17) is 9.47 Å². The molecule has 1 aliphatic rings. The Hall–Kier alpha value is -1.31. The monoisotopic (exact) mass is 333 g/mol. The molecular formula is C16H22F3NO3. The molecule has 4 nitrogen and oxygen atoms in total. The van der Waals surface area contributed by atoms with Gasteiger partial charge >= 0.3 is 6.18 Å². The van der Waals surface area contributed by atoms with Crippen LogP contribution in [-0.2, 0) is 4.74 Å². The van der Waals surface area contributed by atoms with Crippen LogP contribution in [0.1, 0.15) is 24.4 Å². The fourth-order valence-electron chi connectivity index (χ4n) is 3.04. The minimum Gasteiger partial charge on any atom is -0.497 e. The summed E-state index contributed by atoms with van der Waals surface area (Å²) >= 11 is 0. The standard InChI is InChI=1S/C16H22F3NO3/c1-20(15(16(17,18)19)14-4-3-9-23-14)13(10-21)11-5-7-12(22-2)8-6-11/h5-8,13-15,21H,3-4,9-10H2,1-2H3. The highest BCUT2D eigenvalue weighted by atomic mass is 19.4. The number of hydrogen-bond donors (Lipinski definition) is 1. The minimum absolute atomic E-state index is 0.345. The smallest absolute Gasteiger partial charge is 0.406 e. The topological polar surface area (TPSA) is 41.9 Å². The molecule has 1 aliphatic heterocycles. The van der Waals surface area contributed by atoms with Crippen LogP contribution >= 0.6 is 0 Å². The van der Waals surface area contributed by atoms with E-state index in [9.17, 15) is 18.3 Å². The maximum absolute atomic E-state index is 13.5. The highest BCUT2D eigenvalue weighted by Crippen LogP contribution is 2.36. The number of hydrogen-bond acceptors (Lipinski definition) is 4. The van der Waals surface area contributed by atoms with Crippen LogP contribution in [0.5, 0.6) is 5.75 Å². The predicted molar refractivity (Wildman–Crippen MR) is 79.4 cm³/mol. The van der Waals surface area contributed by atoms with Crippen molar-refractivity contribution in [3.8, 4) is 5.75 Å². The van der Waals surface area contributed by atoms with Gasteiger partial charge in [0.15, 0.2) is 0 Å². The third-order valence-electron chi connectivity index (χ3n) is 4.26. The van der Waals surface area contributed by atoms with Crippen molar-refractivity contribution >= 4 is 0 Å². The lowest BCUT2D eigenvalue weighted by Crippen LogP contribution is -2.52. The molecule has 0 amide bonds. The van der Waals surface area contributed by atoms with Gasteiger partial charge in [0.1, 0.15) is 11.8 Å². The Morgan fingerprint density at radius 2 is 2.00 bits per heavy atom. The van der Waals surface area contributed by atoms with Crippen LogP contribution in [-0.4, -0.2) is 55.7 Å². The van der Waals surface area contributed by atoms with Crippen LogP contribution in [0.4, 0.5) is 13.2 Å². The lowest BCUT2D eigenvalue weighted by Gasteiger charge is -2.38. The molecule has 3 unspecified atom stereocenters. The van der Waals surface area contributed by atoms with Gasteiger partial charge in [-0.15, -0.1) is 0 Å². The van der Waals surface area contributed by atoms with Gasteiger partial charge in [-0.3, -0.25) is 4.90 Å². The van der Waals surface area contributed by atoms with Crippen molar-refractivity contribution in [1.82, 2.24) is 4.90 Å². The number of rotatable bonds is 6. The van der Waals surface area contributed by atoms with Crippen LogP contribution < -0.4 is 4.74 Å². The summed E-state index contributed by atoms with van der Waals surface area (Å²) in [5.74, 6) is 0.611. The van der Waals surface area contributed by atoms with Crippen LogP contribution in [0, 0.1) is 0 Å². The molecule has 0 aliphatic carbocycles. The van der Waals surface area contributed by atoms with E-state index in [1.54, 1.807) is 24.3 Å². The average molecular weight is 333 g/mol. The second-order valence-electron chi connectivity index (χ2n) is 5.67. The molecule has 1 heterocycles. The fraction of sp³-hybridized carbons (Fsp3) is 0.625. The Balaban J connectivity index is 2.25. The van der Waals surface area contributed by atoms with E-state index in [0.29, 0.717) is 30.8 Å². The Bertz CT molecular complexity index is 486. The van der Waals surface area contributed by atoms with Crippen molar-refractivity contribution in [3.05, 3.63) is 29.8 Å². The number of aliphatic hydroxyl groups excluding tert-OH is 1. The lowest BCUT2D eigenvalue weighted by molar-refractivity contribution is -0.213. The van der Waals surface area contributed by atoms with Gasteiger partial charge in [0.05, 0.1) is 25.9 Å². The average Bonchev–Trinajstić information content (AvgIpc) is 3.01. The molecule has 1 saturated heterocycles.